The fraction of sp³-hybridized carbons (Fsp3) is 0.273. The molecular formula is C22H24N2O5. The van der Waals surface area contributed by atoms with Crippen molar-refractivity contribution in [3.05, 3.63) is 63.9 Å². The van der Waals surface area contributed by atoms with Crippen LogP contribution < -0.4 is 25.1 Å². The number of ether oxygens (including phenoxy) is 3. The predicted octanol–water partition coefficient (Wildman–Crippen LogP) is 2.97. The smallest absolute Gasteiger partial charge is 0.252 e. The second kappa shape index (κ2) is 8.68. The van der Waals surface area contributed by atoms with Crippen LogP contribution in [-0.2, 0) is 11.2 Å². The van der Waals surface area contributed by atoms with Gasteiger partial charge in [0.2, 0.25) is 11.7 Å². The molecule has 0 saturated carbocycles. The summed E-state index contributed by atoms with van der Waals surface area (Å²) in [6.45, 7) is 1.85. The van der Waals surface area contributed by atoms with Gasteiger partial charge in [-0.1, -0.05) is 18.2 Å². The van der Waals surface area contributed by atoms with E-state index in [4.69, 9.17) is 14.2 Å². The van der Waals surface area contributed by atoms with Crippen LogP contribution in [0.1, 0.15) is 24.1 Å². The van der Waals surface area contributed by atoms with Gasteiger partial charge in [0.15, 0.2) is 11.5 Å². The fourth-order valence-electron chi connectivity index (χ4n) is 3.22. The molecule has 1 aromatic heterocycles. The van der Waals surface area contributed by atoms with E-state index in [9.17, 15) is 9.59 Å². The molecule has 152 valence electrons. The zero-order valence-electron chi connectivity index (χ0n) is 16.9. The van der Waals surface area contributed by atoms with Crippen molar-refractivity contribution in [3.63, 3.8) is 0 Å². The number of H-pyrrole nitrogens is 1. The summed E-state index contributed by atoms with van der Waals surface area (Å²) in [5.74, 6) is 1.25. The molecule has 2 N–H and O–H groups in total. The number of hydrogen-bond donors (Lipinski definition) is 2. The van der Waals surface area contributed by atoms with Crippen molar-refractivity contribution in [2.24, 2.45) is 0 Å². The van der Waals surface area contributed by atoms with Crippen LogP contribution in [0.2, 0.25) is 0 Å². The Morgan fingerprint density at radius 3 is 2.31 bits per heavy atom. The predicted molar refractivity (Wildman–Crippen MR) is 111 cm³/mol. The first-order chi connectivity index (χ1) is 14.0. The number of fused-ring (bicyclic) bond motifs is 1. The number of carbonyl (C=O) groups is 1. The molecule has 0 aliphatic carbocycles. The third kappa shape index (κ3) is 4.34. The summed E-state index contributed by atoms with van der Waals surface area (Å²) in [6, 6.07) is 12.5. The van der Waals surface area contributed by atoms with Gasteiger partial charge in [-0.05, 0) is 42.1 Å². The Kier molecular flexibility index (Phi) is 6.07. The number of pyridine rings is 1. The summed E-state index contributed by atoms with van der Waals surface area (Å²) in [7, 11) is 4.61. The largest absolute Gasteiger partial charge is 0.493 e. The molecule has 0 saturated heterocycles. The Hall–Kier alpha value is -3.48. The van der Waals surface area contributed by atoms with Crippen LogP contribution >= 0.6 is 0 Å². The number of amides is 1. The van der Waals surface area contributed by atoms with Crippen LogP contribution in [0.5, 0.6) is 17.2 Å². The maximum absolute atomic E-state index is 12.6. The summed E-state index contributed by atoms with van der Waals surface area (Å²) in [6.07, 6.45) is -0.0189. The van der Waals surface area contributed by atoms with E-state index in [1.807, 2.05) is 31.2 Å². The summed E-state index contributed by atoms with van der Waals surface area (Å²) in [5.41, 5.74) is 1.69. The van der Waals surface area contributed by atoms with Crippen molar-refractivity contribution >= 4 is 16.8 Å². The molecule has 0 aliphatic rings. The van der Waals surface area contributed by atoms with Crippen molar-refractivity contribution in [2.45, 2.75) is 19.4 Å². The number of aromatic amines is 1. The highest BCUT2D eigenvalue weighted by molar-refractivity contribution is 5.82. The summed E-state index contributed by atoms with van der Waals surface area (Å²) < 4.78 is 16.1. The molecular weight excluding hydrogens is 372 g/mol. The third-order valence-electron chi connectivity index (χ3n) is 4.75. The maximum atomic E-state index is 12.6. The van der Waals surface area contributed by atoms with Crippen LogP contribution in [0.4, 0.5) is 0 Å². The highest BCUT2D eigenvalue weighted by atomic mass is 16.5. The summed E-state index contributed by atoms with van der Waals surface area (Å²) in [5, 5.41) is 3.80. The minimum absolute atomic E-state index is 0.0189. The lowest BCUT2D eigenvalue weighted by Gasteiger charge is -2.19. The van der Waals surface area contributed by atoms with E-state index in [1.165, 1.54) is 21.3 Å². The molecule has 1 amide bonds. The number of rotatable bonds is 7. The van der Waals surface area contributed by atoms with Crippen molar-refractivity contribution in [1.82, 2.24) is 10.3 Å². The molecule has 1 atom stereocenters. The average molecular weight is 396 g/mol. The molecule has 2 aromatic carbocycles. The quantitative estimate of drug-likeness (QED) is 0.641. The van der Waals surface area contributed by atoms with Gasteiger partial charge in [-0.15, -0.1) is 0 Å². The topological polar surface area (TPSA) is 89.7 Å². The Bertz CT molecular complexity index is 1060. The van der Waals surface area contributed by atoms with Gasteiger partial charge in [0.25, 0.3) is 5.56 Å². The molecule has 3 aromatic rings. The molecule has 1 heterocycles. The number of para-hydroxylation sites is 1. The number of methoxy groups -OCH3 is 3. The lowest BCUT2D eigenvalue weighted by Crippen LogP contribution is -2.30. The molecule has 0 aliphatic heterocycles. The number of carbonyl (C=O) groups excluding carboxylic acids is 1. The lowest BCUT2D eigenvalue weighted by molar-refractivity contribution is -0.121. The maximum Gasteiger partial charge on any atom is 0.252 e. The van der Waals surface area contributed by atoms with E-state index in [-0.39, 0.29) is 23.9 Å². The lowest BCUT2D eigenvalue weighted by atomic mass is 10.1. The van der Waals surface area contributed by atoms with Crippen molar-refractivity contribution in [2.75, 3.05) is 21.3 Å². The first-order valence-corrected chi connectivity index (χ1v) is 9.17. The Morgan fingerprint density at radius 2 is 1.69 bits per heavy atom. The van der Waals surface area contributed by atoms with Crippen LogP contribution in [0.25, 0.3) is 10.9 Å². The second-order valence-corrected chi connectivity index (χ2v) is 6.64. The highest BCUT2D eigenvalue weighted by Crippen LogP contribution is 2.39. The van der Waals surface area contributed by atoms with Gasteiger partial charge in [0, 0.05) is 11.1 Å². The van der Waals surface area contributed by atoms with Gasteiger partial charge in [-0.3, -0.25) is 9.59 Å². The van der Waals surface area contributed by atoms with E-state index in [0.29, 0.717) is 22.8 Å². The van der Waals surface area contributed by atoms with E-state index in [2.05, 4.69) is 10.3 Å². The van der Waals surface area contributed by atoms with E-state index >= 15 is 0 Å². The zero-order valence-corrected chi connectivity index (χ0v) is 16.9. The monoisotopic (exact) mass is 396 g/mol. The van der Waals surface area contributed by atoms with Crippen molar-refractivity contribution < 1.29 is 19.0 Å². The van der Waals surface area contributed by atoms with E-state index in [0.717, 1.165) is 16.5 Å². The minimum atomic E-state index is -0.323. The van der Waals surface area contributed by atoms with E-state index in [1.54, 1.807) is 18.2 Å². The summed E-state index contributed by atoms with van der Waals surface area (Å²) in [4.78, 5) is 27.7. The molecule has 7 nitrogen and oxygen atoms in total. The number of hydrogen-bond acceptors (Lipinski definition) is 5. The zero-order chi connectivity index (χ0) is 21.0. The van der Waals surface area contributed by atoms with E-state index < -0.39 is 0 Å². The molecule has 0 bridgehead atoms. The number of aromatic nitrogens is 1. The molecule has 0 fully saturated rings. The van der Waals surface area contributed by atoms with Gasteiger partial charge in [-0.25, -0.2) is 0 Å². The van der Waals surface area contributed by atoms with Crippen molar-refractivity contribution in [3.8, 4) is 17.2 Å². The number of benzene rings is 2. The summed E-state index contributed by atoms with van der Waals surface area (Å²) >= 11 is 0. The van der Waals surface area contributed by atoms with Crippen LogP contribution in [-0.4, -0.2) is 32.2 Å². The molecule has 0 unspecified atom stereocenters. The molecule has 3 rings (SSSR count). The molecule has 29 heavy (non-hydrogen) atoms. The Labute approximate surface area is 168 Å². The van der Waals surface area contributed by atoms with Gasteiger partial charge < -0.3 is 24.5 Å². The fourth-order valence-corrected chi connectivity index (χ4v) is 3.22. The average Bonchev–Trinajstić information content (AvgIpc) is 2.72. The second-order valence-electron chi connectivity index (χ2n) is 6.64. The standard InChI is InChI=1S/C22H24N2O5/c1-13(15-10-18(27-2)21(29-4)19(11-15)28-3)23-20(25)12-16-9-14-7-5-6-8-17(14)24-22(16)26/h5-11,13H,12H2,1-4H3,(H,23,25)(H,24,26)/t13-/m0/s1. The molecule has 0 spiro atoms. The highest BCUT2D eigenvalue weighted by Gasteiger charge is 2.18. The van der Waals surface area contributed by atoms with Crippen LogP contribution in [0, 0.1) is 0 Å². The van der Waals surface area contributed by atoms with Gasteiger partial charge in [-0.2, -0.15) is 0 Å². The Balaban J connectivity index is 1.79. The van der Waals surface area contributed by atoms with Gasteiger partial charge in [0.1, 0.15) is 0 Å². The molecule has 0 radical (unpaired) electrons. The van der Waals surface area contributed by atoms with Gasteiger partial charge in [0.05, 0.1) is 33.8 Å². The first-order valence-electron chi connectivity index (χ1n) is 9.17. The minimum Gasteiger partial charge on any atom is -0.493 e. The van der Waals surface area contributed by atoms with Crippen molar-refractivity contribution in [1.29, 1.82) is 0 Å². The SMILES string of the molecule is COc1cc([C@H](C)NC(=O)Cc2cc3ccccc3[nH]c2=O)cc(OC)c1OC. The first kappa shape index (κ1) is 20.3. The number of nitrogens with one attached hydrogen (secondary N) is 2. The molecule has 7 heteroatoms. The normalized spacial score (nSPS) is 11.7. The van der Waals surface area contributed by atoms with Crippen LogP contribution in [0.15, 0.2) is 47.3 Å². The van der Waals surface area contributed by atoms with Crippen LogP contribution in [0.3, 0.4) is 0 Å². The Morgan fingerprint density at radius 1 is 1.03 bits per heavy atom. The van der Waals surface area contributed by atoms with Gasteiger partial charge >= 0.3 is 0 Å². The third-order valence-corrected chi connectivity index (χ3v) is 4.75.